The average Bonchev–Trinajstić information content (AvgIpc) is 3.08. The van der Waals surface area contributed by atoms with Crippen molar-refractivity contribution in [3.05, 3.63) is 108 Å². The van der Waals surface area contributed by atoms with Crippen LogP contribution in [0.25, 0.3) is 10.8 Å². The summed E-state index contributed by atoms with van der Waals surface area (Å²) in [5.74, 6) is -0.854. The molecule has 4 aromatic rings. The van der Waals surface area contributed by atoms with Crippen molar-refractivity contribution in [2.75, 3.05) is 6.54 Å². The first kappa shape index (κ1) is 39.3. The second kappa shape index (κ2) is 17.6. The molecule has 0 unspecified atom stereocenters. The molecule has 4 amide bonds. The Balaban J connectivity index is 1.46. The second-order valence-electron chi connectivity index (χ2n) is 14.6. The van der Waals surface area contributed by atoms with Gasteiger partial charge in [-0.1, -0.05) is 48.5 Å². The molecular weight excluding hydrogens is 660 g/mol. The standard InChI is InChI=1S/C40H50N6O6/c1-27(32-18-12-15-28-14-8-9-17-33(28)32)44-36(48)34(19-13-23-42-37(49)51-39(2,3)4)45-35(47)29-20-21-31(43-24-29)26-46(38(50)52-40(5,6)7)25-30-16-10-11-22-41-30/h8-12,14-18,20-22,24,27,34H,13,19,23,25-26H2,1-7H3,(H,42,49)(H,44,48)(H,45,47)/t27-,34-/m0/s1. The highest BCUT2D eigenvalue weighted by atomic mass is 16.6. The molecule has 0 saturated carbocycles. The number of pyridine rings is 2. The minimum Gasteiger partial charge on any atom is -0.444 e. The maximum Gasteiger partial charge on any atom is 0.410 e. The van der Waals surface area contributed by atoms with Crippen LogP contribution in [0.2, 0.25) is 0 Å². The third kappa shape index (κ3) is 12.4. The van der Waals surface area contributed by atoms with E-state index in [2.05, 4.69) is 25.9 Å². The predicted molar refractivity (Wildman–Crippen MR) is 199 cm³/mol. The van der Waals surface area contributed by atoms with E-state index in [1.54, 1.807) is 65.9 Å². The van der Waals surface area contributed by atoms with Gasteiger partial charge in [0.15, 0.2) is 0 Å². The first-order valence-electron chi connectivity index (χ1n) is 17.5. The zero-order valence-corrected chi connectivity index (χ0v) is 31.1. The SMILES string of the molecule is C[C@H](NC(=O)[C@H](CCCNC(=O)OC(C)(C)C)NC(=O)c1ccc(CN(Cc2ccccn2)C(=O)OC(C)(C)C)nc1)c1cccc2ccccc12. The molecule has 0 bridgehead atoms. The Morgan fingerprint density at radius 1 is 0.769 bits per heavy atom. The summed E-state index contributed by atoms with van der Waals surface area (Å²) in [4.78, 5) is 62.8. The van der Waals surface area contributed by atoms with E-state index < -0.39 is 35.3 Å². The van der Waals surface area contributed by atoms with Crippen LogP contribution in [-0.4, -0.2) is 62.7 Å². The zero-order valence-electron chi connectivity index (χ0n) is 31.1. The van der Waals surface area contributed by atoms with Crippen molar-refractivity contribution in [3.8, 4) is 0 Å². The van der Waals surface area contributed by atoms with Crippen LogP contribution in [0.3, 0.4) is 0 Å². The van der Waals surface area contributed by atoms with Crippen molar-refractivity contribution in [1.29, 1.82) is 0 Å². The van der Waals surface area contributed by atoms with Gasteiger partial charge in [-0.15, -0.1) is 0 Å². The minimum absolute atomic E-state index is 0.120. The van der Waals surface area contributed by atoms with Gasteiger partial charge >= 0.3 is 12.2 Å². The van der Waals surface area contributed by atoms with Gasteiger partial charge in [-0.25, -0.2) is 9.59 Å². The molecule has 3 N–H and O–H groups in total. The van der Waals surface area contributed by atoms with Crippen LogP contribution < -0.4 is 16.0 Å². The van der Waals surface area contributed by atoms with E-state index in [-0.39, 0.29) is 43.6 Å². The van der Waals surface area contributed by atoms with Gasteiger partial charge in [0.25, 0.3) is 5.91 Å². The third-order valence-electron chi connectivity index (χ3n) is 7.78. The molecule has 0 aliphatic heterocycles. The van der Waals surface area contributed by atoms with Crippen molar-refractivity contribution < 1.29 is 28.7 Å². The topological polar surface area (TPSA) is 152 Å². The summed E-state index contributed by atoms with van der Waals surface area (Å²) in [6, 6.07) is 21.3. The number of alkyl carbamates (subject to hydrolysis) is 1. The van der Waals surface area contributed by atoms with Crippen molar-refractivity contribution in [3.63, 3.8) is 0 Å². The van der Waals surface area contributed by atoms with Gasteiger partial charge in [-0.3, -0.25) is 24.5 Å². The molecule has 12 heteroatoms. The lowest BCUT2D eigenvalue weighted by atomic mass is 9.99. The van der Waals surface area contributed by atoms with Crippen LogP contribution >= 0.6 is 0 Å². The van der Waals surface area contributed by atoms with Gasteiger partial charge in [0, 0.05) is 18.9 Å². The number of hydrogen-bond acceptors (Lipinski definition) is 8. The van der Waals surface area contributed by atoms with E-state index >= 15 is 0 Å². The molecule has 0 radical (unpaired) electrons. The van der Waals surface area contributed by atoms with Gasteiger partial charge < -0.3 is 25.4 Å². The van der Waals surface area contributed by atoms with Crippen LogP contribution in [-0.2, 0) is 27.4 Å². The normalized spacial score (nSPS) is 12.7. The molecule has 0 aliphatic rings. The summed E-state index contributed by atoms with van der Waals surface area (Å²) in [6.45, 7) is 13.2. The fourth-order valence-electron chi connectivity index (χ4n) is 5.39. The van der Waals surface area contributed by atoms with E-state index in [0.29, 0.717) is 17.8 Å². The average molecular weight is 711 g/mol. The van der Waals surface area contributed by atoms with Crippen molar-refractivity contribution >= 4 is 34.8 Å². The van der Waals surface area contributed by atoms with Crippen LogP contribution in [0.5, 0.6) is 0 Å². The molecule has 0 saturated heterocycles. The van der Waals surface area contributed by atoms with Gasteiger partial charge in [0.05, 0.1) is 36.1 Å². The van der Waals surface area contributed by atoms with Crippen molar-refractivity contribution in [2.45, 2.75) is 97.7 Å². The maximum atomic E-state index is 13.7. The fraction of sp³-hybridized carbons (Fsp3) is 0.400. The van der Waals surface area contributed by atoms with Crippen LogP contribution in [0.15, 0.2) is 85.2 Å². The molecule has 2 heterocycles. The van der Waals surface area contributed by atoms with E-state index in [1.807, 2.05) is 61.5 Å². The molecule has 2 atom stereocenters. The molecule has 2 aromatic carbocycles. The third-order valence-corrected chi connectivity index (χ3v) is 7.78. The Labute approximate surface area is 305 Å². The Morgan fingerprint density at radius 2 is 1.44 bits per heavy atom. The molecule has 276 valence electrons. The number of ether oxygens (including phenoxy) is 2. The van der Waals surface area contributed by atoms with Crippen LogP contribution in [0, 0.1) is 0 Å². The van der Waals surface area contributed by atoms with Gasteiger partial charge in [-0.05, 0) is 102 Å². The van der Waals surface area contributed by atoms with Gasteiger partial charge in [0.2, 0.25) is 5.91 Å². The number of amides is 4. The molecule has 0 aliphatic carbocycles. The molecular formula is C40H50N6O6. The first-order valence-corrected chi connectivity index (χ1v) is 17.5. The summed E-state index contributed by atoms with van der Waals surface area (Å²) in [6.07, 6.45) is 2.64. The number of carbonyl (C=O) groups is 4. The highest BCUT2D eigenvalue weighted by Crippen LogP contribution is 2.24. The Morgan fingerprint density at radius 3 is 2.10 bits per heavy atom. The summed E-state index contributed by atoms with van der Waals surface area (Å²) >= 11 is 0. The van der Waals surface area contributed by atoms with E-state index in [1.165, 1.54) is 11.1 Å². The number of nitrogens with zero attached hydrogens (tertiary/aromatic N) is 3. The van der Waals surface area contributed by atoms with E-state index in [4.69, 9.17) is 9.47 Å². The molecule has 2 aromatic heterocycles. The number of hydrogen-bond donors (Lipinski definition) is 3. The zero-order chi connectivity index (χ0) is 37.9. The lowest BCUT2D eigenvalue weighted by Gasteiger charge is -2.27. The smallest absolute Gasteiger partial charge is 0.410 e. The largest absolute Gasteiger partial charge is 0.444 e. The van der Waals surface area contributed by atoms with Crippen molar-refractivity contribution in [1.82, 2.24) is 30.8 Å². The van der Waals surface area contributed by atoms with Crippen LogP contribution in [0.1, 0.15) is 94.7 Å². The Bertz CT molecular complexity index is 1810. The number of rotatable bonds is 13. The highest BCUT2D eigenvalue weighted by Gasteiger charge is 2.26. The van der Waals surface area contributed by atoms with Crippen molar-refractivity contribution in [2.24, 2.45) is 0 Å². The first-order chi connectivity index (χ1) is 24.6. The minimum atomic E-state index is -0.911. The Hall–Kier alpha value is -5.52. The number of nitrogens with one attached hydrogen (secondary N) is 3. The molecule has 12 nitrogen and oxygen atoms in total. The number of aromatic nitrogens is 2. The lowest BCUT2D eigenvalue weighted by molar-refractivity contribution is -0.123. The van der Waals surface area contributed by atoms with E-state index in [9.17, 15) is 19.2 Å². The lowest BCUT2D eigenvalue weighted by Crippen LogP contribution is -2.47. The van der Waals surface area contributed by atoms with Crippen LogP contribution in [0.4, 0.5) is 9.59 Å². The fourth-order valence-corrected chi connectivity index (χ4v) is 5.39. The quantitative estimate of drug-likeness (QED) is 0.128. The highest BCUT2D eigenvalue weighted by molar-refractivity contribution is 5.97. The predicted octanol–water partition coefficient (Wildman–Crippen LogP) is 6.85. The van der Waals surface area contributed by atoms with E-state index in [0.717, 1.165) is 16.3 Å². The number of benzene rings is 2. The Kier molecular flexibility index (Phi) is 13.3. The summed E-state index contributed by atoms with van der Waals surface area (Å²) in [5, 5.41) is 10.7. The molecule has 52 heavy (non-hydrogen) atoms. The monoisotopic (exact) mass is 710 g/mol. The molecule has 0 spiro atoms. The second-order valence-corrected chi connectivity index (χ2v) is 14.6. The summed E-state index contributed by atoms with van der Waals surface area (Å²) in [7, 11) is 0. The summed E-state index contributed by atoms with van der Waals surface area (Å²) in [5.41, 5.74) is 1.07. The summed E-state index contributed by atoms with van der Waals surface area (Å²) < 4.78 is 10.9. The maximum absolute atomic E-state index is 13.7. The van der Waals surface area contributed by atoms with Gasteiger partial charge in [0.1, 0.15) is 17.2 Å². The number of fused-ring (bicyclic) bond motifs is 1. The molecule has 4 rings (SSSR count). The molecule has 0 fully saturated rings. The van der Waals surface area contributed by atoms with Gasteiger partial charge in [-0.2, -0.15) is 0 Å². The number of carbonyl (C=O) groups excluding carboxylic acids is 4.